The Kier molecular flexibility index (Phi) is 6.03. The van der Waals surface area contributed by atoms with E-state index >= 15 is 0 Å². The topological polar surface area (TPSA) is 71.5 Å². The molecule has 30 heavy (non-hydrogen) atoms. The Balaban J connectivity index is 1.30. The Hall–Kier alpha value is -3.67. The molecular formula is C24H23N3O3. The van der Waals surface area contributed by atoms with E-state index in [9.17, 15) is 9.59 Å². The van der Waals surface area contributed by atoms with Gasteiger partial charge in [0.1, 0.15) is 5.75 Å². The van der Waals surface area contributed by atoms with Crippen molar-refractivity contribution in [2.24, 2.45) is 0 Å². The number of nitrogens with zero attached hydrogens (tertiary/aromatic N) is 2. The zero-order valence-electron chi connectivity index (χ0n) is 16.6. The van der Waals surface area contributed by atoms with Crippen molar-refractivity contribution in [3.63, 3.8) is 0 Å². The molecule has 1 aromatic heterocycles. The van der Waals surface area contributed by atoms with E-state index in [4.69, 9.17) is 4.74 Å². The van der Waals surface area contributed by atoms with Gasteiger partial charge in [-0.15, -0.1) is 0 Å². The van der Waals surface area contributed by atoms with Crippen LogP contribution in [0, 0.1) is 0 Å². The highest BCUT2D eigenvalue weighted by atomic mass is 16.5. The van der Waals surface area contributed by atoms with Crippen molar-refractivity contribution < 1.29 is 14.3 Å². The summed E-state index contributed by atoms with van der Waals surface area (Å²) in [5.74, 6) is 0.701. The molecule has 152 valence electrons. The van der Waals surface area contributed by atoms with Crippen LogP contribution in [-0.4, -0.2) is 29.9 Å². The van der Waals surface area contributed by atoms with Gasteiger partial charge < -0.3 is 15.0 Å². The molecule has 0 spiro atoms. The second-order valence-corrected chi connectivity index (χ2v) is 7.11. The second-order valence-electron chi connectivity index (χ2n) is 7.11. The second kappa shape index (κ2) is 9.22. The molecule has 6 heteroatoms. The summed E-state index contributed by atoms with van der Waals surface area (Å²) < 4.78 is 5.62. The molecule has 6 nitrogen and oxygen atoms in total. The minimum absolute atomic E-state index is 0.0482. The van der Waals surface area contributed by atoms with Crippen molar-refractivity contribution in [3.8, 4) is 5.75 Å². The number of nitrogens with one attached hydrogen (secondary N) is 1. The monoisotopic (exact) mass is 401 g/mol. The van der Waals surface area contributed by atoms with Gasteiger partial charge in [-0.1, -0.05) is 18.2 Å². The van der Waals surface area contributed by atoms with Crippen LogP contribution in [0.25, 0.3) is 0 Å². The van der Waals surface area contributed by atoms with Crippen molar-refractivity contribution in [1.29, 1.82) is 0 Å². The van der Waals surface area contributed by atoms with Gasteiger partial charge in [0, 0.05) is 36.7 Å². The van der Waals surface area contributed by atoms with Crippen LogP contribution in [0.2, 0.25) is 0 Å². The van der Waals surface area contributed by atoms with Gasteiger partial charge >= 0.3 is 0 Å². The molecule has 1 aliphatic heterocycles. The first-order valence-corrected chi connectivity index (χ1v) is 10.0. The van der Waals surface area contributed by atoms with Gasteiger partial charge in [-0.05, 0) is 60.9 Å². The summed E-state index contributed by atoms with van der Waals surface area (Å²) in [6.07, 6.45) is 5.01. The molecule has 1 N–H and O–H groups in total. The highest BCUT2D eigenvalue weighted by molar-refractivity contribution is 6.07. The van der Waals surface area contributed by atoms with Crippen LogP contribution in [0.4, 0.5) is 11.4 Å². The van der Waals surface area contributed by atoms with Crippen LogP contribution in [0.15, 0.2) is 73.1 Å². The van der Waals surface area contributed by atoms with Crippen molar-refractivity contribution in [3.05, 3.63) is 84.2 Å². The van der Waals surface area contributed by atoms with Crippen molar-refractivity contribution >= 4 is 23.2 Å². The molecule has 2 aromatic carbocycles. The molecule has 3 aromatic rings. The lowest BCUT2D eigenvalue weighted by Gasteiger charge is -2.17. The molecule has 4 rings (SSSR count). The van der Waals surface area contributed by atoms with Gasteiger partial charge in [0.05, 0.1) is 12.2 Å². The number of hydrogen-bond donors (Lipinski definition) is 1. The van der Waals surface area contributed by atoms with E-state index in [0.29, 0.717) is 31.6 Å². The van der Waals surface area contributed by atoms with Crippen LogP contribution >= 0.6 is 0 Å². The lowest BCUT2D eigenvalue weighted by Crippen LogP contribution is -2.28. The molecule has 0 saturated heterocycles. The first-order valence-electron chi connectivity index (χ1n) is 10.0. The quantitative estimate of drug-likeness (QED) is 0.606. The highest BCUT2D eigenvalue weighted by Gasteiger charge is 2.26. The van der Waals surface area contributed by atoms with Crippen LogP contribution in [0.5, 0.6) is 5.75 Å². The average molecular weight is 401 g/mol. The van der Waals surface area contributed by atoms with Crippen LogP contribution in [0.1, 0.15) is 28.8 Å². The summed E-state index contributed by atoms with van der Waals surface area (Å²) in [5.41, 5.74) is 3.26. The molecular weight excluding hydrogens is 378 g/mol. The number of fused-ring (bicyclic) bond motifs is 1. The lowest BCUT2D eigenvalue weighted by atomic mass is 10.1. The molecule has 1 aliphatic rings. The third kappa shape index (κ3) is 4.66. The van der Waals surface area contributed by atoms with E-state index < -0.39 is 0 Å². The number of rotatable bonds is 7. The molecule has 0 atom stereocenters. The maximum Gasteiger partial charge on any atom is 0.259 e. The van der Waals surface area contributed by atoms with E-state index in [1.54, 1.807) is 29.4 Å². The van der Waals surface area contributed by atoms with E-state index in [1.807, 2.05) is 48.5 Å². The van der Waals surface area contributed by atoms with Crippen LogP contribution in [0.3, 0.4) is 0 Å². The minimum Gasteiger partial charge on any atom is -0.494 e. The Morgan fingerprint density at radius 1 is 1.07 bits per heavy atom. The van der Waals surface area contributed by atoms with Gasteiger partial charge in [-0.3, -0.25) is 14.6 Å². The Bertz CT molecular complexity index is 1020. The fraction of sp³-hybridized carbons (Fsp3) is 0.208. The van der Waals surface area contributed by atoms with Gasteiger partial charge in [-0.25, -0.2) is 0 Å². The molecule has 2 heterocycles. The summed E-state index contributed by atoms with van der Waals surface area (Å²) in [7, 11) is 0. The largest absolute Gasteiger partial charge is 0.494 e. The van der Waals surface area contributed by atoms with E-state index in [1.165, 1.54) is 0 Å². The average Bonchev–Trinajstić information content (AvgIpc) is 3.21. The molecule has 0 fully saturated rings. The molecule has 0 aliphatic carbocycles. The number of carbonyl (C=O) groups excluding carboxylic acids is 2. The van der Waals surface area contributed by atoms with Crippen LogP contribution < -0.4 is 15.0 Å². The summed E-state index contributed by atoms with van der Waals surface area (Å²) in [4.78, 5) is 30.8. The van der Waals surface area contributed by atoms with Crippen molar-refractivity contribution in [2.45, 2.75) is 19.3 Å². The zero-order chi connectivity index (χ0) is 20.8. The van der Waals surface area contributed by atoms with Crippen LogP contribution in [-0.2, 0) is 11.2 Å². The Labute approximate surface area is 175 Å². The third-order valence-electron chi connectivity index (χ3n) is 4.97. The van der Waals surface area contributed by atoms with Gasteiger partial charge in [0.15, 0.2) is 0 Å². The number of benzene rings is 2. The van der Waals surface area contributed by atoms with Gasteiger partial charge in [0.2, 0.25) is 5.91 Å². The van der Waals surface area contributed by atoms with Gasteiger partial charge in [-0.2, -0.15) is 0 Å². The molecule has 0 unspecified atom stereocenters. The number of amides is 2. The third-order valence-corrected chi connectivity index (χ3v) is 4.97. The lowest BCUT2D eigenvalue weighted by molar-refractivity contribution is -0.116. The van der Waals surface area contributed by atoms with E-state index in [2.05, 4.69) is 10.3 Å². The standard InChI is InChI=1S/C24H23N3O3/c28-23(9-5-15-30-21-7-2-1-3-8-21)26-20-10-11-22-18(16-20)12-14-27(22)24(29)19-6-4-13-25-17-19/h1-4,6-8,10-11,13,16-17H,5,9,12,14-15H2,(H,26,28). The number of pyridine rings is 1. The normalized spacial score (nSPS) is 12.3. The summed E-state index contributed by atoms with van der Waals surface area (Å²) in [6, 6.07) is 18.8. The Morgan fingerprint density at radius 2 is 1.93 bits per heavy atom. The van der Waals surface area contributed by atoms with Crippen molar-refractivity contribution in [1.82, 2.24) is 4.98 Å². The predicted octanol–water partition coefficient (Wildman–Crippen LogP) is 4.08. The maximum atomic E-state index is 12.7. The van der Waals surface area contributed by atoms with E-state index in [-0.39, 0.29) is 11.8 Å². The molecule has 2 amide bonds. The molecule has 0 radical (unpaired) electrons. The predicted molar refractivity (Wildman–Crippen MR) is 116 cm³/mol. The summed E-state index contributed by atoms with van der Waals surface area (Å²) >= 11 is 0. The molecule has 0 bridgehead atoms. The molecule has 0 saturated carbocycles. The van der Waals surface area contributed by atoms with Crippen molar-refractivity contribution in [2.75, 3.05) is 23.4 Å². The number of carbonyl (C=O) groups is 2. The fourth-order valence-electron chi connectivity index (χ4n) is 3.50. The Morgan fingerprint density at radius 3 is 2.73 bits per heavy atom. The highest BCUT2D eigenvalue weighted by Crippen LogP contribution is 2.31. The number of aromatic nitrogens is 1. The fourth-order valence-corrected chi connectivity index (χ4v) is 3.50. The maximum absolute atomic E-state index is 12.7. The summed E-state index contributed by atoms with van der Waals surface area (Å²) in [6.45, 7) is 1.12. The smallest absolute Gasteiger partial charge is 0.259 e. The SMILES string of the molecule is O=C(CCCOc1ccccc1)Nc1ccc2c(c1)CCN2C(=O)c1cccnc1. The zero-order valence-corrected chi connectivity index (χ0v) is 16.6. The number of anilines is 2. The van der Waals surface area contributed by atoms with Gasteiger partial charge in [0.25, 0.3) is 5.91 Å². The summed E-state index contributed by atoms with van der Waals surface area (Å²) in [5, 5.41) is 2.94. The first-order chi connectivity index (χ1) is 14.7. The number of para-hydroxylation sites is 1. The first kappa shape index (κ1) is 19.6. The number of ether oxygens (including phenoxy) is 1. The number of hydrogen-bond acceptors (Lipinski definition) is 4. The van der Waals surface area contributed by atoms with E-state index in [0.717, 1.165) is 29.1 Å². The minimum atomic E-state index is -0.0583.